The number of carbonyl (C=O) groups excluding carboxylic acids is 1. The number of nitrogens with one attached hydrogen (secondary N) is 1. The average Bonchev–Trinajstić information content (AvgIpc) is 2.27. The van der Waals surface area contributed by atoms with E-state index in [1.165, 1.54) is 6.07 Å². The molecule has 1 amide bonds. The number of halogens is 1. The van der Waals surface area contributed by atoms with E-state index in [4.69, 9.17) is 5.11 Å². The van der Waals surface area contributed by atoms with Crippen LogP contribution in [0.15, 0.2) is 18.2 Å². The fraction of sp³-hybridized carbons (Fsp3) is 0.429. The third kappa shape index (κ3) is 3.53. The van der Waals surface area contributed by atoms with E-state index in [0.29, 0.717) is 5.56 Å². The lowest BCUT2D eigenvalue weighted by atomic mass is 9.86. The van der Waals surface area contributed by atoms with Crippen LogP contribution in [-0.2, 0) is 4.79 Å². The lowest BCUT2D eigenvalue weighted by Gasteiger charge is -2.27. The first kappa shape index (κ1) is 15.1. The predicted molar refractivity (Wildman–Crippen MR) is 69.5 cm³/mol. The highest BCUT2D eigenvalue weighted by atomic mass is 19.1. The summed E-state index contributed by atoms with van der Waals surface area (Å²) in [5.74, 6) is -2.49. The van der Waals surface area contributed by atoms with Crippen LogP contribution in [0.3, 0.4) is 0 Å². The number of aryl methyl sites for hydroxylation is 1. The van der Waals surface area contributed by atoms with Gasteiger partial charge in [-0.25, -0.2) is 9.18 Å². The van der Waals surface area contributed by atoms with Crippen molar-refractivity contribution in [1.82, 2.24) is 5.32 Å². The Labute approximate surface area is 111 Å². The summed E-state index contributed by atoms with van der Waals surface area (Å²) in [6, 6.07) is 3.35. The summed E-state index contributed by atoms with van der Waals surface area (Å²) >= 11 is 0. The van der Waals surface area contributed by atoms with Crippen molar-refractivity contribution in [2.45, 2.75) is 33.7 Å². The molecule has 104 valence electrons. The molecule has 1 aromatic carbocycles. The second-order valence-electron chi connectivity index (χ2n) is 5.55. The average molecular weight is 267 g/mol. The van der Waals surface area contributed by atoms with Crippen LogP contribution in [0.25, 0.3) is 0 Å². The zero-order chi connectivity index (χ0) is 14.8. The fourth-order valence-corrected chi connectivity index (χ4v) is 1.68. The number of carbonyl (C=O) groups is 2. The maximum atomic E-state index is 13.8. The Balaban J connectivity index is 3.02. The second kappa shape index (κ2) is 5.38. The van der Waals surface area contributed by atoms with Gasteiger partial charge in [-0.15, -0.1) is 0 Å². The van der Waals surface area contributed by atoms with Crippen LogP contribution in [0, 0.1) is 18.2 Å². The van der Waals surface area contributed by atoms with Gasteiger partial charge in [0.05, 0.1) is 5.56 Å². The largest absolute Gasteiger partial charge is 0.480 e. The molecule has 0 unspecified atom stereocenters. The number of aliphatic carboxylic acids is 1. The second-order valence-corrected chi connectivity index (χ2v) is 5.55. The molecule has 0 radical (unpaired) electrons. The van der Waals surface area contributed by atoms with Crippen molar-refractivity contribution < 1.29 is 19.1 Å². The molecule has 0 aliphatic rings. The molecule has 0 spiro atoms. The van der Waals surface area contributed by atoms with Gasteiger partial charge in [0.25, 0.3) is 5.91 Å². The maximum absolute atomic E-state index is 13.8. The zero-order valence-corrected chi connectivity index (χ0v) is 11.5. The first-order valence-electron chi connectivity index (χ1n) is 5.93. The van der Waals surface area contributed by atoms with Gasteiger partial charge in [-0.1, -0.05) is 32.9 Å². The van der Waals surface area contributed by atoms with E-state index in [9.17, 15) is 14.0 Å². The summed E-state index contributed by atoms with van der Waals surface area (Å²) in [4.78, 5) is 23.1. The summed E-state index contributed by atoms with van der Waals surface area (Å²) in [6.45, 7) is 6.63. The number of amides is 1. The number of benzene rings is 1. The van der Waals surface area contributed by atoms with E-state index in [2.05, 4.69) is 5.32 Å². The molecule has 1 rings (SSSR count). The van der Waals surface area contributed by atoms with Crippen molar-refractivity contribution in [3.05, 3.63) is 35.1 Å². The quantitative estimate of drug-likeness (QED) is 0.883. The zero-order valence-electron chi connectivity index (χ0n) is 11.5. The van der Waals surface area contributed by atoms with E-state index in [-0.39, 0.29) is 5.56 Å². The van der Waals surface area contributed by atoms with Gasteiger partial charge >= 0.3 is 5.97 Å². The van der Waals surface area contributed by atoms with E-state index in [0.717, 1.165) is 0 Å². The van der Waals surface area contributed by atoms with Crippen LogP contribution >= 0.6 is 0 Å². The highest BCUT2D eigenvalue weighted by molar-refractivity contribution is 5.97. The van der Waals surface area contributed by atoms with Gasteiger partial charge in [0.2, 0.25) is 0 Å². The lowest BCUT2D eigenvalue weighted by molar-refractivity contribution is -0.142. The third-order valence-electron chi connectivity index (χ3n) is 2.82. The van der Waals surface area contributed by atoms with E-state index >= 15 is 0 Å². The molecule has 4 nitrogen and oxygen atoms in total. The molecule has 0 saturated heterocycles. The van der Waals surface area contributed by atoms with Crippen molar-refractivity contribution in [3.8, 4) is 0 Å². The highest BCUT2D eigenvalue weighted by Crippen LogP contribution is 2.20. The van der Waals surface area contributed by atoms with Gasteiger partial charge in [0, 0.05) is 0 Å². The molecular weight excluding hydrogens is 249 g/mol. The Morgan fingerprint density at radius 3 is 2.37 bits per heavy atom. The molecule has 2 N–H and O–H groups in total. The van der Waals surface area contributed by atoms with E-state index in [1.807, 2.05) is 0 Å². The molecular formula is C14H18FNO3. The van der Waals surface area contributed by atoms with Crippen LogP contribution in [0.1, 0.15) is 36.7 Å². The molecule has 19 heavy (non-hydrogen) atoms. The molecule has 0 aliphatic carbocycles. The standard InChI is InChI=1S/C14H18FNO3/c1-8-6-5-7-9(10(8)15)12(17)16-11(13(18)19)14(2,3)4/h5-7,11H,1-4H3,(H,16,17)(H,18,19)/t11-/m1/s1. The summed E-state index contributed by atoms with van der Waals surface area (Å²) in [5, 5.41) is 11.5. The summed E-state index contributed by atoms with van der Waals surface area (Å²) in [5.41, 5.74) is -0.465. The SMILES string of the molecule is Cc1cccc(C(=O)N[C@H](C(=O)O)C(C)(C)C)c1F. The Bertz CT molecular complexity index is 506. The minimum absolute atomic E-state index is 0.143. The van der Waals surface area contributed by atoms with Crippen molar-refractivity contribution in [3.63, 3.8) is 0 Å². The Morgan fingerprint density at radius 1 is 1.32 bits per heavy atom. The number of carboxylic acids is 1. The molecule has 0 bridgehead atoms. The first-order chi connectivity index (χ1) is 8.64. The molecule has 1 atom stereocenters. The van der Waals surface area contributed by atoms with Crippen LogP contribution in [0.5, 0.6) is 0 Å². The smallest absolute Gasteiger partial charge is 0.326 e. The molecule has 1 aromatic rings. The summed E-state index contributed by atoms with van der Waals surface area (Å²) in [7, 11) is 0. The van der Waals surface area contributed by atoms with E-state index in [1.54, 1.807) is 39.8 Å². The fourth-order valence-electron chi connectivity index (χ4n) is 1.68. The number of hydrogen-bond acceptors (Lipinski definition) is 2. The Hall–Kier alpha value is -1.91. The molecule has 0 heterocycles. The number of hydrogen-bond donors (Lipinski definition) is 2. The van der Waals surface area contributed by atoms with Gasteiger partial charge in [-0.3, -0.25) is 4.79 Å². The van der Waals surface area contributed by atoms with Crippen molar-refractivity contribution in [1.29, 1.82) is 0 Å². The summed E-state index contributed by atoms with van der Waals surface area (Å²) < 4.78 is 13.8. The molecule has 5 heteroatoms. The maximum Gasteiger partial charge on any atom is 0.326 e. The molecule has 0 aromatic heterocycles. The molecule has 0 saturated carbocycles. The van der Waals surface area contributed by atoms with Crippen LogP contribution in [0.4, 0.5) is 4.39 Å². The first-order valence-corrected chi connectivity index (χ1v) is 5.93. The van der Waals surface area contributed by atoms with Crippen LogP contribution in [-0.4, -0.2) is 23.0 Å². The van der Waals surface area contributed by atoms with Gasteiger partial charge in [-0.05, 0) is 24.0 Å². The molecule has 0 aliphatic heterocycles. The van der Waals surface area contributed by atoms with Crippen molar-refractivity contribution in [2.75, 3.05) is 0 Å². The minimum Gasteiger partial charge on any atom is -0.480 e. The topological polar surface area (TPSA) is 66.4 Å². The lowest BCUT2D eigenvalue weighted by Crippen LogP contribution is -2.49. The normalized spacial score (nSPS) is 12.9. The van der Waals surface area contributed by atoms with Gasteiger partial charge in [0.15, 0.2) is 0 Å². The van der Waals surface area contributed by atoms with E-state index < -0.39 is 29.2 Å². The summed E-state index contributed by atoms with van der Waals surface area (Å²) in [6.07, 6.45) is 0. The monoisotopic (exact) mass is 267 g/mol. The highest BCUT2D eigenvalue weighted by Gasteiger charge is 2.33. The van der Waals surface area contributed by atoms with Crippen LogP contribution in [0.2, 0.25) is 0 Å². The number of carboxylic acid groups (broad SMARTS) is 1. The molecule has 0 fully saturated rings. The number of rotatable bonds is 3. The predicted octanol–water partition coefficient (Wildman–Crippen LogP) is 2.36. The van der Waals surface area contributed by atoms with Gasteiger partial charge < -0.3 is 10.4 Å². The van der Waals surface area contributed by atoms with Crippen molar-refractivity contribution in [2.24, 2.45) is 5.41 Å². The van der Waals surface area contributed by atoms with Gasteiger partial charge in [-0.2, -0.15) is 0 Å². The van der Waals surface area contributed by atoms with Crippen LogP contribution < -0.4 is 5.32 Å². The Morgan fingerprint density at radius 2 is 1.89 bits per heavy atom. The van der Waals surface area contributed by atoms with Crippen molar-refractivity contribution >= 4 is 11.9 Å². The van der Waals surface area contributed by atoms with Gasteiger partial charge in [0.1, 0.15) is 11.9 Å². The Kier molecular flexibility index (Phi) is 4.29. The minimum atomic E-state index is -1.14. The third-order valence-corrected chi connectivity index (χ3v) is 2.82.